The molecule has 0 spiro atoms. The monoisotopic (exact) mass is 452 g/mol. The van der Waals surface area contributed by atoms with Gasteiger partial charge in [0, 0.05) is 18.0 Å². The number of hydrogen-bond donors (Lipinski definition) is 1. The SMILES string of the molecule is CCOC(=O)c1ccccc1NC(=O)CCCN(c1cc(Cl)ccc1C)S(C)(=O)=O. The first-order valence-corrected chi connectivity index (χ1v) is 11.7. The molecule has 0 aliphatic rings. The summed E-state index contributed by atoms with van der Waals surface area (Å²) in [7, 11) is -3.56. The Morgan fingerprint density at radius 3 is 2.53 bits per heavy atom. The molecular formula is C21H25ClN2O5S. The smallest absolute Gasteiger partial charge is 0.340 e. The highest BCUT2D eigenvalue weighted by atomic mass is 35.5. The van der Waals surface area contributed by atoms with E-state index in [1.807, 2.05) is 0 Å². The van der Waals surface area contributed by atoms with Gasteiger partial charge in [0.25, 0.3) is 0 Å². The highest BCUT2D eigenvalue weighted by Gasteiger charge is 2.20. The van der Waals surface area contributed by atoms with Crippen LogP contribution >= 0.6 is 11.6 Å². The molecule has 0 heterocycles. The summed E-state index contributed by atoms with van der Waals surface area (Å²) < 4.78 is 30.8. The van der Waals surface area contributed by atoms with Gasteiger partial charge in [-0.15, -0.1) is 0 Å². The molecule has 0 unspecified atom stereocenters. The number of para-hydroxylation sites is 1. The molecule has 2 aromatic rings. The summed E-state index contributed by atoms with van der Waals surface area (Å²) in [5, 5.41) is 3.12. The second kappa shape index (κ2) is 10.4. The quantitative estimate of drug-likeness (QED) is 0.580. The maximum atomic E-state index is 12.4. The fraction of sp³-hybridized carbons (Fsp3) is 0.333. The molecule has 0 saturated carbocycles. The number of halogens is 1. The molecule has 0 aliphatic heterocycles. The maximum absolute atomic E-state index is 12.4. The van der Waals surface area contributed by atoms with Gasteiger partial charge in [0.1, 0.15) is 0 Å². The molecule has 30 heavy (non-hydrogen) atoms. The fourth-order valence-electron chi connectivity index (χ4n) is 2.89. The predicted octanol–water partition coefficient (Wildman–Crippen LogP) is 4.01. The Bertz CT molecular complexity index is 1020. The first kappa shape index (κ1) is 23.7. The molecule has 0 aliphatic carbocycles. The normalized spacial score (nSPS) is 11.1. The Morgan fingerprint density at radius 2 is 1.87 bits per heavy atom. The minimum absolute atomic E-state index is 0.0722. The average molecular weight is 453 g/mol. The molecule has 1 N–H and O–H groups in total. The predicted molar refractivity (Wildman–Crippen MR) is 119 cm³/mol. The van der Waals surface area contributed by atoms with E-state index < -0.39 is 16.0 Å². The van der Waals surface area contributed by atoms with Crippen LogP contribution in [0.25, 0.3) is 0 Å². The largest absolute Gasteiger partial charge is 0.462 e. The first-order chi connectivity index (χ1) is 14.1. The van der Waals surface area contributed by atoms with Crippen molar-refractivity contribution >= 4 is 44.9 Å². The van der Waals surface area contributed by atoms with Crippen molar-refractivity contribution in [1.29, 1.82) is 0 Å². The van der Waals surface area contributed by atoms with E-state index in [1.165, 1.54) is 4.31 Å². The van der Waals surface area contributed by atoms with Gasteiger partial charge in [0.15, 0.2) is 0 Å². The molecule has 0 radical (unpaired) electrons. The Hall–Kier alpha value is -2.58. The van der Waals surface area contributed by atoms with Crippen LogP contribution in [0.2, 0.25) is 5.02 Å². The summed E-state index contributed by atoms with van der Waals surface area (Å²) >= 11 is 6.03. The van der Waals surface area contributed by atoms with Gasteiger partial charge in [0.2, 0.25) is 15.9 Å². The number of anilines is 2. The minimum Gasteiger partial charge on any atom is -0.462 e. The number of nitrogens with zero attached hydrogens (tertiary/aromatic N) is 1. The van der Waals surface area contributed by atoms with Crippen molar-refractivity contribution in [2.24, 2.45) is 0 Å². The molecule has 1 amide bonds. The van der Waals surface area contributed by atoms with Crippen molar-refractivity contribution in [2.45, 2.75) is 26.7 Å². The third-order valence-electron chi connectivity index (χ3n) is 4.30. The van der Waals surface area contributed by atoms with Crippen LogP contribution in [0.1, 0.15) is 35.7 Å². The van der Waals surface area contributed by atoms with Gasteiger partial charge in [0.05, 0.1) is 29.8 Å². The van der Waals surface area contributed by atoms with Gasteiger partial charge in [-0.05, 0) is 50.1 Å². The van der Waals surface area contributed by atoms with E-state index in [0.717, 1.165) is 11.8 Å². The Morgan fingerprint density at radius 1 is 1.17 bits per heavy atom. The third kappa shape index (κ3) is 6.47. The lowest BCUT2D eigenvalue weighted by atomic mass is 10.1. The number of carbonyl (C=O) groups excluding carboxylic acids is 2. The average Bonchev–Trinajstić information content (AvgIpc) is 2.67. The Balaban J connectivity index is 2.06. The standard InChI is InChI=1S/C21H25ClN2O5S/c1-4-29-21(26)17-8-5-6-9-18(17)23-20(25)10-7-13-24(30(3,27)28)19-14-16(22)12-11-15(19)2/h5-6,8-9,11-12,14H,4,7,10,13H2,1-3H3,(H,23,25). The van der Waals surface area contributed by atoms with Crippen molar-refractivity contribution in [3.05, 3.63) is 58.6 Å². The van der Waals surface area contributed by atoms with Crippen LogP contribution in [0.4, 0.5) is 11.4 Å². The molecular weight excluding hydrogens is 428 g/mol. The lowest BCUT2D eigenvalue weighted by Gasteiger charge is -2.24. The number of carbonyl (C=O) groups is 2. The van der Waals surface area contributed by atoms with Crippen LogP contribution in [0.3, 0.4) is 0 Å². The molecule has 9 heteroatoms. The topological polar surface area (TPSA) is 92.8 Å². The summed E-state index contributed by atoms with van der Waals surface area (Å²) in [4.78, 5) is 24.4. The van der Waals surface area contributed by atoms with E-state index >= 15 is 0 Å². The van der Waals surface area contributed by atoms with Crippen molar-refractivity contribution in [3.8, 4) is 0 Å². The minimum atomic E-state index is -3.56. The summed E-state index contributed by atoms with van der Waals surface area (Å²) in [5.74, 6) is -0.851. The van der Waals surface area contributed by atoms with E-state index in [9.17, 15) is 18.0 Å². The van der Waals surface area contributed by atoms with Crippen LogP contribution in [-0.2, 0) is 19.6 Å². The number of nitrogens with one attached hydrogen (secondary N) is 1. The van der Waals surface area contributed by atoms with E-state index in [4.69, 9.17) is 16.3 Å². The van der Waals surface area contributed by atoms with Gasteiger partial charge in [-0.25, -0.2) is 13.2 Å². The Kier molecular flexibility index (Phi) is 8.25. The molecule has 2 rings (SSSR count). The van der Waals surface area contributed by atoms with E-state index in [0.29, 0.717) is 16.4 Å². The summed E-state index contributed by atoms with van der Waals surface area (Å²) in [6.07, 6.45) is 1.47. The number of esters is 1. The van der Waals surface area contributed by atoms with Crippen LogP contribution in [0.5, 0.6) is 0 Å². The summed E-state index contributed by atoms with van der Waals surface area (Å²) in [6, 6.07) is 11.6. The zero-order chi connectivity index (χ0) is 22.3. The number of amides is 1. The van der Waals surface area contributed by atoms with Crippen LogP contribution in [0, 0.1) is 6.92 Å². The molecule has 0 fully saturated rings. The van der Waals surface area contributed by atoms with Crippen LogP contribution in [-0.4, -0.2) is 39.7 Å². The number of hydrogen-bond acceptors (Lipinski definition) is 5. The number of ether oxygens (including phenoxy) is 1. The molecule has 0 saturated heterocycles. The van der Waals surface area contributed by atoms with E-state index in [2.05, 4.69) is 5.32 Å². The number of rotatable bonds is 9. The van der Waals surface area contributed by atoms with Gasteiger partial charge in [-0.2, -0.15) is 0 Å². The summed E-state index contributed by atoms with van der Waals surface area (Å²) in [5.41, 5.74) is 1.86. The van der Waals surface area contributed by atoms with Gasteiger partial charge < -0.3 is 10.1 Å². The van der Waals surface area contributed by atoms with Crippen molar-refractivity contribution in [3.63, 3.8) is 0 Å². The van der Waals surface area contributed by atoms with Gasteiger partial charge in [-0.3, -0.25) is 9.10 Å². The molecule has 2 aromatic carbocycles. The molecule has 162 valence electrons. The first-order valence-electron chi connectivity index (χ1n) is 9.43. The van der Waals surface area contributed by atoms with Crippen molar-refractivity contribution < 1.29 is 22.7 Å². The lowest BCUT2D eigenvalue weighted by Crippen LogP contribution is -2.32. The molecule has 0 bridgehead atoms. The Labute approximate surface area is 182 Å². The van der Waals surface area contributed by atoms with Crippen LogP contribution < -0.4 is 9.62 Å². The fourth-order valence-corrected chi connectivity index (χ4v) is 4.07. The zero-order valence-corrected chi connectivity index (χ0v) is 18.7. The lowest BCUT2D eigenvalue weighted by molar-refractivity contribution is -0.116. The van der Waals surface area contributed by atoms with Crippen LogP contribution in [0.15, 0.2) is 42.5 Å². The van der Waals surface area contributed by atoms with Crippen molar-refractivity contribution in [2.75, 3.05) is 29.0 Å². The second-order valence-corrected chi connectivity index (χ2v) is 9.03. The summed E-state index contributed by atoms with van der Waals surface area (Å²) in [6.45, 7) is 3.84. The number of aryl methyl sites for hydroxylation is 1. The van der Waals surface area contributed by atoms with E-state index in [-0.39, 0.29) is 37.5 Å². The number of sulfonamides is 1. The molecule has 7 nitrogen and oxygen atoms in total. The van der Waals surface area contributed by atoms with Gasteiger partial charge >= 0.3 is 5.97 Å². The molecule has 0 atom stereocenters. The zero-order valence-electron chi connectivity index (χ0n) is 17.1. The third-order valence-corrected chi connectivity index (χ3v) is 5.72. The maximum Gasteiger partial charge on any atom is 0.340 e. The second-order valence-electron chi connectivity index (χ2n) is 6.68. The van der Waals surface area contributed by atoms with Crippen molar-refractivity contribution in [1.82, 2.24) is 0 Å². The highest BCUT2D eigenvalue weighted by Crippen LogP contribution is 2.26. The van der Waals surface area contributed by atoms with Gasteiger partial charge in [-0.1, -0.05) is 29.8 Å². The van der Waals surface area contributed by atoms with E-state index in [1.54, 1.807) is 56.3 Å². The number of benzene rings is 2. The molecule has 0 aromatic heterocycles. The highest BCUT2D eigenvalue weighted by molar-refractivity contribution is 7.92.